The normalized spacial score (nSPS) is 35.5. The number of nitrogens with one attached hydrogen (secondary N) is 2. The second-order valence-electron chi connectivity index (χ2n) is 16.9. The molecular formula is C39H51N5O4. The van der Waals surface area contributed by atoms with Crippen LogP contribution in [-0.2, 0) is 31.1 Å². The van der Waals surface area contributed by atoms with Crippen molar-refractivity contribution in [1.82, 2.24) is 25.0 Å². The number of rotatable bonds is 7. The van der Waals surface area contributed by atoms with Crippen molar-refractivity contribution in [2.75, 3.05) is 39.3 Å². The van der Waals surface area contributed by atoms with Gasteiger partial charge in [-0.2, -0.15) is 0 Å². The molecule has 7 fully saturated rings. The van der Waals surface area contributed by atoms with Gasteiger partial charge in [0.2, 0.25) is 23.6 Å². The molecule has 4 heterocycles. The molecule has 8 aliphatic rings. The van der Waals surface area contributed by atoms with Crippen molar-refractivity contribution in [1.29, 1.82) is 0 Å². The lowest BCUT2D eigenvalue weighted by atomic mass is 9.49. The van der Waals surface area contributed by atoms with E-state index < -0.39 is 17.4 Å². The van der Waals surface area contributed by atoms with Gasteiger partial charge in [-0.05, 0) is 105 Å². The Labute approximate surface area is 283 Å². The number of hydrogen-bond donors (Lipinski definition) is 2. The summed E-state index contributed by atoms with van der Waals surface area (Å²) in [5.41, 5.74) is 2.68. The van der Waals surface area contributed by atoms with Gasteiger partial charge in [-0.15, -0.1) is 0 Å². The van der Waals surface area contributed by atoms with E-state index in [1.807, 2.05) is 20.8 Å². The fraction of sp³-hybridized carbons (Fsp3) is 0.692. The highest BCUT2D eigenvalue weighted by Gasteiger charge is 2.59. The van der Waals surface area contributed by atoms with Gasteiger partial charge in [0.1, 0.15) is 0 Å². The SMILES string of the molecule is CC[C@]12c3[nH]c4ccccc4c3CCN1C(=O)C(CC(=O)NCC13CC4CC(CC(C4)C1)C3)C[C@@H]2C(=O)N1CCN(C(=O)C2CC2)CC1. The number of carbonyl (C=O) groups is 4. The minimum Gasteiger partial charge on any atom is -0.356 e. The Kier molecular flexibility index (Phi) is 7.25. The highest BCUT2D eigenvalue weighted by Crippen LogP contribution is 2.60. The van der Waals surface area contributed by atoms with Crippen LogP contribution in [0, 0.1) is 40.9 Å². The van der Waals surface area contributed by atoms with Gasteiger partial charge in [0.25, 0.3) is 0 Å². The number of aromatic amines is 1. The van der Waals surface area contributed by atoms with Crippen LogP contribution in [0.1, 0.15) is 88.8 Å². The van der Waals surface area contributed by atoms with Gasteiger partial charge in [-0.25, -0.2) is 0 Å². The molecule has 3 atom stereocenters. The van der Waals surface area contributed by atoms with Crippen LogP contribution in [-0.4, -0.2) is 82.6 Å². The number of amides is 4. The van der Waals surface area contributed by atoms with Crippen LogP contribution >= 0.6 is 0 Å². The van der Waals surface area contributed by atoms with Crippen molar-refractivity contribution in [3.8, 4) is 0 Å². The number of nitrogens with zero attached hydrogens (tertiary/aromatic N) is 3. The highest BCUT2D eigenvalue weighted by atomic mass is 16.2. The van der Waals surface area contributed by atoms with Crippen molar-refractivity contribution >= 4 is 34.5 Å². The molecule has 5 aliphatic carbocycles. The summed E-state index contributed by atoms with van der Waals surface area (Å²) in [6.45, 7) is 5.51. The maximum absolute atomic E-state index is 14.8. The third-order valence-corrected chi connectivity index (χ3v) is 13.9. The molecule has 1 aromatic carbocycles. The van der Waals surface area contributed by atoms with Crippen molar-refractivity contribution in [2.45, 2.75) is 89.5 Å². The summed E-state index contributed by atoms with van der Waals surface area (Å²) < 4.78 is 0. The van der Waals surface area contributed by atoms with Gasteiger partial charge in [0, 0.05) is 74.1 Å². The fourth-order valence-corrected chi connectivity index (χ4v) is 12.0. The number of carbonyl (C=O) groups excluding carboxylic acids is 4. The molecule has 4 bridgehead atoms. The fourth-order valence-electron chi connectivity index (χ4n) is 12.0. The Morgan fingerprint density at radius 2 is 1.52 bits per heavy atom. The zero-order chi connectivity index (χ0) is 32.8. The largest absolute Gasteiger partial charge is 0.356 e. The molecule has 1 aromatic heterocycles. The molecule has 2 saturated heterocycles. The van der Waals surface area contributed by atoms with E-state index in [1.165, 1.54) is 44.1 Å². The summed E-state index contributed by atoms with van der Waals surface area (Å²) >= 11 is 0. The van der Waals surface area contributed by atoms with Gasteiger partial charge in [-0.3, -0.25) is 19.2 Å². The molecule has 5 saturated carbocycles. The van der Waals surface area contributed by atoms with Gasteiger partial charge in [-0.1, -0.05) is 25.1 Å². The number of hydrogen-bond acceptors (Lipinski definition) is 4. The molecular weight excluding hydrogens is 602 g/mol. The van der Waals surface area contributed by atoms with Gasteiger partial charge >= 0.3 is 0 Å². The predicted octanol–water partition coefficient (Wildman–Crippen LogP) is 4.60. The van der Waals surface area contributed by atoms with E-state index in [2.05, 4.69) is 35.4 Å². The van der Waals surface area contributed by atoms with E-state index in [4.69, 9.17) is 0 Å². The molecule has 1 unspecified atom stereocenters. The van der Waals surface area contributed by atoms with Crippen molar-refractivity contribution < 1.29 is 19.2 Å². The van der Waals surface area contributed by atoms with E-state index in [0.717, 1.165) is 60.2 Å². The highest BCUT2D eigenvalue weighted by molar-refractivity contribution is 5.93. The zero-order valence-corrected chi connectivity index (χ0v) is 28.5. The van der Waals surface area contributed by atoms with E-state index in [1.54, 1.807) is 0 Å². The van der Waals surface area contributed by atoms with E-state index in [9.17, 15) is 19.2 Å². The molecule has 0 radical (unpaired) electrons. The van der Waals surface area contributed by atoms with Crippen LogP contribution in [0.25, 0.3) is 10.9 Å². The monoisotopic (exact) mass is 653 g/mol. The Hall–Kier alpha value is -3.36. The summed E-state index contributed by atoms with van der Waals surface area (Å²) in [7, 11) is 0. The summed E-state index contributed by atoms with van der Waals surface area (Å²) in [5.74, 6) is 1.89. The number of piperidine rings is 1. The third kappa shape index (κ3) is 4.84. The molecule has 4 amide bonds. The Bertz CT molecular complexity index is 1620. The molecule has 48 heavy (non-hydrogen) atoms. The first-order valence-corrected chi connectivity index (χ1v) is 19.0. The van der Waals surface area contributed by atoms with Crippen LogP contribution in [0.15, 0.2) is 24.3 Å². The first-order valence-electron chi connectivity index (χ1n) is 19.0. The van der Waals surface area contributed by atoms with Crippen molar-refractivity contribution in [3.63, 3.8) is 0 Å². The van der Waals surface area contributed by atoms with Crippen LogP contribution in [0.3, 0.4) is 0 Å². The van der Waals surface area contributed by atoms with E-state index >= 15 is 0 Å². The van der Waals surface area contributed by atoms with Crippen LogP contribution in [0.2, 0.25) is 0 Å². The average Bonchev–Trinajstić information content (AvgIpc) is 3.87. The average molecular weight is 654 g/mol. The number of para-hydroxylation sites is 1. The molecule has 2 aromatic rings. The number of aromatic nitrogens is 1. The molecule has 10 rings (SSSR count). The van der Waals surface area contributed by atoms with Gasteiger partial charge < -0.3 is 25.0 Å². The quantitative estimate of drug-likeness (QED) is 0.456. The minimum atomic E-state index is -0.798. The molecule has 3 aliphatic heterocycles. The van der Waals surface area contributed by atoms with Crippen LogP contribution in [0.4, 0.5) is 0 Å². The maximum atomic E-state index is 14.8. The number of fused-ring (bicyclic) bond motifs is 5. The van der Waals surface area contributed by atoms with Gasteiger partial charge in [0.15, 0.2) is 0 Å². The van der Waals surface area contributed by atoms with E-state index in [0.29, 0.717) is 45.6 Å². The second-order valence-corrected chi connectivity index (χ2v) is 16.9. The molecule has 9 nitrogen and oxygen atoms in total. The van der Waals surface area contributed by atoms with E-state index in [-0.39, 0.29) is 41.4 Å². The minimum absolute atomic E-state index is 0.00927. The second kappa shape index (κ2) is 11.3. The smallest absolute Gasteiger partial charge is 0.228 e. The topological polar surface area (TPSA) is 106 Å². The van der Waals surface area contributed by atoms with Crippen LogP contribution < -0.4 is 5.32 Å². The maximum Gasteiger partial charge on any atom is 0.228 e. The van der Waals surface area contributed by atoms with Gasteiger partial charge in [0.05, 0.1) is 11.5 Å². The number of H-pyrrole nitrogens is 1. The molecule has 9 heteroatoms. The summed E-state index contributed by atoms with van der Waals surface area (Å²) in [6.07, 6.45) is 11.6. The Morgan fingerprint density at radius 3 is 2.17 bits per heavy atom. The third-order valence-electron chi connectivity index (χ3n) is 13.9. The lowest BCUT2D eigenvalue weighted by molar-refractivity contribution is -0.168. The predicted molar refractivity (Wildman–Crippen MR) is 181 cm³/mol. The summed E-state index contributed by atoms with van der Waals surface area (Å²) in [4.78, 5) is 65.4. The Balaban J connectivity index is 0.983. The molecule has 2 N–H and O–H groups in total. The standard InChI is InChI=1S/C39H51N5O4/c1-2-39-31(37(48)43-13-11-42(12-14-43)35(46)27-7-8-27)18-28(19-33(45)40-23-38-20-24-15-25(21-38)17-26(16-24)22-38)36(47)44(39)10-9-30-29-5-3-4-6-32(29)41-34(30)39/h3-6,24-28,31,41H,2,7-23H2,1H3,(H,40,45)/t24?,25?,26?,28?,31-,38?,39+/m1/s1. The summed E-state index contributed by atoms with van der Waals surface area (Å²) in [6, 6.07) is 8.29. The Morgan fingerprint density at radius 1 is 0.875 bits per heavy atom. The molecule has 256 valence electrons. The number of benzene rings is 1. The van der Waals surface area contributed by atoms with Crippen LogP contribution in [0.5, 0.6) is 0 Å². The van der Waals surface area contributed by atoms with Crippen molar-refractivity contribution in [2.24, 2.45) is 40.9 Å². The van der Waals surface area contributed by atoms with Crippen molar-refractivity contribution in [3.05, 3.63) is 35.5 Å². The number of piperazine rings is 1. The molecule has 0 spiro atoms. The summed E-state index contributed by atoms with van der Waals surface area (Å²) in [5, 5.41) is 4.49. The first kappa shape index (κ1) is 30.7. The zero-order valence-electron chi connectivity index (χ0n) is 28.5. The first-order chi connectivity index (χ1) is 23.3. The lowest BCUT2D eigenvalue weighted by Gasteiger charge is -2.57. The lowest BCUT2D eigenvalue weighted by Crippen LogP contribution is -2.66.